The predicted molar refractivity (Wildman–Crippen MR) is 85.3 cm³/mol. The highest BCUT2D eigenvalue weighted by Gasteiger charge is 2.22. The van der Waals surface area contributed by atoms with Crippen molar-refractivity contribution in [3.8, 4) is 0 Å². The van der Waals surface area contributed by atoms with Gasteiger partial charge in [0.05, 0.1) is 5.69 Å². The van der Waals surface area contributed by atoms with E-state index in [0.29, 0.717) is 11.4 Å². The summed E-state index contributed by atoms with van der Waals surface area (Å²) in [6, 6.07) is 8.99. The summed E-state index contributed by atoms with van der Waals surface area (Å²) in [7, 11) is 0. The first-order valence-electron chi connectivity index (χ1n) is 7.42. The number of carbonyl (C=O) groups is 2. The first kappa shape index (κ1) is 16.7. The Hall–Kier alpha value is -2.63. The van der Waals surface area contributed by atoms with Crippen molar-refractivity contribution in [2.24, 2.45) is 0 Å². The summed E-state index contributed by atoms with van der Waals surface area (Å²) in [5.41, 5.74) is 2.30. The molecule has 23 heavy (non-hydrogen) atoms. The largest absolute Gasteiger partial charge is 0.447 e. The van der Waals surface area contributed by atoms with Crippen LogP contribution in [0.25, 0.3) is 0 Å². The minimum absolute atomic E-state index is 0.0234. The van der Waals surface area contributed by atoms with Gasteiger partial charge < -0.3 is 14.6 Å². The van der Waals surface area contributed by atoms with Gasteiger partial charge in [0.15, 0.2) is 6.10 Å². The number of carbonyl (C=O) groups excluding carboxylic acids is 2. The van der Waals surface area contributed by atoms with E-state index < -0.39 is 18.0 Å². The van der Waals surface area contributed by atoms with Crippen LogP contribution < -0.4 is 5.32 Å². The molecule has 1 N–H and O–H groups in total. The van der Waals surface area contributed by atoms with Gasteiger partial charge in [-0.2, -0.15) is 0 Å². The van der Waals surface area contributed by atoms with E-state index >= 15 is 0 Å². The van der Waals surface area contributed by atoms with Gasteiger partial charge in [0.25, 0.3) is 5.91 Å². The second kappa shape index (κ2) is 7.09. The maximum Gasteiger partial charge on any atom is 0.377 e. The first-order chi connectivity index (χ1) is 10.9. The second-order valence-electron chi connectivity index (χ2n) is 5.61. The molecule has 0 fully saturated rings. The molecule has 0 aliphatic carbocycles. The Balaban J connectivity index is 2.02. The molecule has 2 aromatic rings. The van der Waals surface area contributed by atoms with Gasteiger partial charge in [-0.3, -0.25) is 4.79 Å². The normalized spacial score (nSPS) is 12.0. The topological polar surface area (TPSA) is 81.4 Å². The number of aryl methyl sites for hydroxylation is 1. The average molecular weight is 316 g/mol. The summed E-state index contributed by atoms with van der Waals surface area (Å²) in [5, 5.41) is 6.40. The van der Waals surface area contributed by atoms with Crippen molar-refractivity contribution in [3.05, 3.63) is 47.3 Å². The fourth-order valence-electron chi connectivity index (χ4n) is 2.08. The number of benzene rings is 1. The van der Waals surface area contributed by atoms with Crippen molar-refractivity contribution in [1.82, 2.24) is 5.16 Å². The first-order valence-corrected chi connectivity index (χ1v) is 7.42. The highest BCUT2D eigenvalue weighted by Crippen LogP contribution is 2.23. The molecule has 0 spiro atoms. The maximum atomic E-state index is 12.2. The van der Waals surface area contributed by atoms with E-state index in [0.717, 1.165) is 5.56 Å². The van der Waals surface area contributed by atoms with Crippen LogP contribution in [0.2, 0.25) is 0 Å². The van der Waals surface area contributed by atoms with Gasteiger partial charge in [-0.1, -0.05) is 37.2 Å². The van der Waals surface area contributed by atoms with Crippen LogP contribution in [-0.4, -0.2) is 23.1 Å². The van der Waals surface area contributed by atoms with Gasteiger partial charge in [0.2, 0.25) is 5.76 Å². The summed E-state index contributed by atoms with van der Waals surface area (Å²) in [4.78, 5) is 24.1. The lowest BCUT2D eigenvalue weighted by Crippen LogP contribution is -2.30. The molecule has 6 heteroatoms. The Morgan fingerprint density at radius 1 is 1.22 bits per heavy atom. The summed E-state index contributed by atoms with van der Waals surface area (Å²) >= 11 is 0. The molecule has 0 saturated carbocycles. The molecule has 2 rings (SSSR count). The minimum atomic E-state index is -0.951. The summed E-state index contributed by atoms with van der Waals surface area (Å²) < 4.78 is 9.92. The van der Waals surface area contributed by atoms with Gasteiger partial charge in [-0.05, 0) is 31.4 Å². The van der Waals surface area contributed by atoms with Crippen molar-refractivity contribution in [2.75, 3.05) is 5.32 Å². The summed E-state index contributed by atoms with van der Waals surface area (Å²) in [6.07, 6.45) is -0.951. The Labute approximate surface area is 134 Å². The second-order valence-corrected chi connectivity index (χ2v) is 5.61. The number of para-hydroxylation sites is 1. The summed E-state index contributed by atoms with van der Waals surface area (Å²) in [6.45, 7) is 7.29. The zero-order valence-electron chi connectivity index (χ0n) is 13.6. The van der Waals surface area contributed by atoms with Gasteiger partial charge in [0, 0.05) is 11.8 Å². The number of hydrogen-bond acceptors (Lipinski definition) is 5. The number of ether oxygens (including phenoxy) is 1. The number of rotatable bonds is 5. The molecule has 1 heterocycles. The third kappa shape index (κ3) is 4.18. The average Bonchev–Trinajstić information content (AvgIpc) is 2.94. The number of anilines is 1. The number of amides is 1. The molecule has 122 valence electrons. The molecule has 0 unspecified atom stereocenters. The molecule has 0 aliphatic rings. The minimum Gasteiger partial charge on any atom is -0.447 e. The Bertz CT molecular complexity index is 706. The van der Waals surface area contributed by atoms with E-state index in [9.17, 15) is 9.59 Å². The van der Waals surface area contributed by atoms with Gasteiger partial charge >= 0.3 is 5.97 Å². The van der Waals surface area contributed by atoms with E-state index in [2.05, 4.69) is 10.5 Å². The Morgan fingerprint density at radius 3 is 2.52 bits per heavy atom. The monoisotopic (exact) mass is 316 g/mol. The standard InChI is InChI=1S/C17H20N2O4/c1-10(2)13-7-5-6-8-14(13)18-16(20)12(4)22-17(21)15-9-11(3)19-23-15/h5-10,12H,1-4H3,(H,18,20)/t12-/m1/s1. The highest BCUT2D eigenvalue weighted by molar-refractivity contribution is 5.97. The van der Waals surface area contributed by atoms with Crippen molar-refractivity contribution >= 4 is 17.6 Å². The number of nitrogens with zero attached hydrogens (tertiary/aromatic N) is 1. The Morgan fingerprint density at radius 2 is 1.91 bits per heavy atom. The molecule has 0 saturated heterocycles. The van der Waals surface area contributed by atoms with E-state index in [4.69, 9.17) is 9.26 Å². The number of nitrogens with one attached hydrogen (secondary N) is 1. The van der Waals surface area contributed by atoms with Crippen molar-refractivity contribution in [2.45, 2.75) is 39.7 Å². The van der Waals surface area contributed by atoms with Crippen molar-refractivity contribution in [3.63, 3.8) is 0 Å². The molecule has 0 bridgehead atoms. The quantitative estimate of drug-likeness (QED) is 0.856. The Kier molecular flexibility index (Phi) is 5.16. The fraction of sp³-hybridized carbons (Fsp3) is 0.353. The molecule has 1 aromatic heterocycles. The predicted octanol–water partition coefficient (Wildman–Crippen LogP) is 3.29. The zero-order valence-corrected chi connectivity index (χ0v) is 13.6. The number of hydrogen-bond donors (Lipinski definition) is 1. The van der Waals surface area contributed by atoms with Crippen LogP contribution in [-0.2, 0) is 9.53 Å². The van der Waals surface area contributed by atoms with Crippen LogP contribution in [0.5, 0.6) is 0 Å². The maximum absolute atomic E-state index is 12.2. The van der Waals surface area contributed by atoms with E-state index in [-0.39, 0.29) is 11.7 Å². The van der Waals surface area contributed by atoms with Gasteiger partial charge in [-0.25, -0.2) is 4.79 Å². The zero-order chi connectivity index (χ0) is 17.0. The molecular formula is C17H20N2O4. The SMILES string of the molecule is Cc1cc(C(=O)O[C@H](C)C(=O)Nc2ccccc2C(C)C)on1. The van der Waals surface area contributed by atoms with Crippen LogP contribution in [0.4, 0.5) is 5.69 Å². The lowest BCUT2D eigenvalue weighted by Gasteiger charge is -2.16. The molecule has 1 amide bonds. The van der Waals surface area contributed by atoms with Crippen LogP contribution >= 0.6 is 0 Å². The molecule has 6 nitrogen and oxygen atoms in total. The third-order valence-corrected chi connectivity index (χ3v) is 3.32. The van der Waals surface area contributed by atoms with Gasteiger partial charge in [0.1, 0.15) is 0 Å². The van der Waals surface area contributed by atoms with Crippen LogP contribution in [0.15, 0.2) is 34.9 Å². The number of esters is 1. The van der Waals surface area contributed by atoms with E-state index in [1.54, 1.807) is 6.92 Å². The van der Waals surface area contributed by atoms with Crippen LogP contribution in [0.1, 0.15) is 48.5 Å². The van der Waals surface area contributed by atoms with Crippen LogP contribution in [0, 0.1) is 6.92 Å². The molecule has 1 atom stereocenters. The number of aromatic nitrogens is 1. The molecular weight excluding hydrogens is 296 g/mol. The van der Waals surface area contributed by atoms with Crippen LogP contribution in [0.3, 0.4) is 0 Å². The van der Waals surface area contributed by atoms with Crippen molar-refractivity contribution < 1.29 is 18.8 Å². The third-order valence-electron chi connectivity index (χ3n) is 3.32. The van der Waals surface area contributed by atoms with E-state index in [1.165, 1.54) is 13.0 Å². The lowest BCUT2D eigenvalue weighted by molar-refractivity contribution is -0.123. The molecule has 0 radical (unpaired) electrons. The van der Waals surface area contributed by atoms with Gasteiger partial charge in [-0.15, -0.1) is 0 Å². The van der Waals surface area contributed by atoms with Crippen molar-refractivity contribution in [1.29, 1.82) is 0 Å². The van der Waals surface area contributed by atoms with E-state index in [1.807, 2.05) is 38.1 Å². The molecule has 0 aliphatic heterocycles. The molecule has 1 aromatic carbocycles. The smallest absolute Gasteiger partial charge is 0.377 e. The highest BCUT2D eigenvalue weighted by atomic mass is 16.6. The fourth-order valence-corrected chi connectivity index (χ4v) is 2.08. The summed E-state index contributed by atoms with van der Waals surface area (Å²) in [5.74, 6) is -0.876. The lowest BCUT2D eigenvalue weighted by atomic mass is 10.0.